The summed E-state index contributed by atoms with van der Waals surface area (Å²) in [6, 6.07) is 0. The normalized spacial score (nSPS) is 14.2. The molecule has 0 saturated heterocycles. The summed E-state index contributed by atoms with van der Waals surface area (Å²) in [6.45, 7) is 3.61. The quantitative estimate of drug-likeness (QED) is 0.616. The lowest BCUT2D eigenvalue weighted by atomic mass is 9.97. The zero-order chi connectivity index (χ0) is 14.3. The average Bonchev–Trinajstić information content (AvgIpc) is 2.61. The molecule has 19 heavy (non-hydrogen) atoms. The molecule has 0 saturated carbocycles. The molecule has 0 radical (unpaired) electrons. The largest absolute Gasteiger partial charge is 0.462 e. The topological polar surface area (TPSA) is 65.4 Å². The van der Waals surface area contributed by atoms with Crippen LogP contribution in [0.4, 0.5) is 0 Å². The van der Waals surface area contributed by atoms with Crippen LogP contribution in [0.25, 0.3) is 6.08 Å². The number of Topliss-reactive ketones (excluding diaryl/α,β-unsaturated/α-hetero) is 2. The van der Waals surface area contributed by atoms with E-state index in [2.05, 4.69) is 15.9 Å². The molecule has 2 rings (SSSR count). The fourth-order valence-corrected chi connectivity index (χ4v) is 2.48. The lowest BCUT2D eigenvalue weighted by molar-refractivity contribution is -0.111. The monoisotopic (exact) mass is 325 g/mol. The van der Waals surface area contributed by atoms with Gasteiger partial charge in [-0.1, -0.05) is 0 Å². The molecule has 0 fully saturated rings. The summed E-state index contributed by atoms with van der Waals surface area (Å²) >= 11 is 3.06. The molecule has 0 amide bonds. The van der Waals surface area contributed by atoms with Crippen LogP contribution in [0.3, 0.4) is 0 Å². The maximum atomic E-state index is 12.1. The van der Waals surface area contributed by atoms with Gasteiger partial charge in [0, 0.05) is 12.7 Å². The van der Waals surface area contributed by atoms with Crippen LogP contribution in [0.1, 0.15) is 39.0 Å². The highest BCUT2D eigenvalue weighted by molar-refractivity contribution is 9.12. The molecule has 0 N–H and O–H groups in total. The van der Waals surface area contributed by atoms with Crippen LogP contribution in [-0.2, 0) is 16.6 Å². The Morgan fingerprint density at radius 3 is 2.58 bits per heavy atom. The Labute approximate surface area is 118 Å². The molecule has 0 spiro atoms. The number of allylic oxidation sites excluding steroid dienone is 1. The van der Waals surface area contributed by atoms with E-state index < -0.39 is 17.5 Å². The van der Waals surface area contributed by atoms with Crippen molar-refractivity contribution in [2.24, 2.45) is 7.05 Å². The number of carbonyl (C=O) groups is 3. The molecule has 0 aliphatic heterocycles. The van der Waals surface area contributed by atoms with Gasteiger partial charge in [0.25, 0.3) is 0 Å². The Kier molecular flexibility index (Phi) is 3.45. The van der Waals surface area contributed by atoms with Crippen LogP contribution >= 0.6 is 15.9 Å². The van der Waals surface area contributed by atoms with E-state index in [9.17, 15) is 14.4 Å². The van der Waals surface area contributed by atoms with Crippen LogP contribution in [0.15, 0.2) is 4.48 Å². The number of halogens is 1. The first kappa shape index (κ1) is 13.7. The van der Waals surface area contributed by atoms with E-state index in [1.165, 1.54) is 0 Å². The molecular formula is C13H12BrNO4. The Balaban J connectivity index is 2.73. The van der Waals surface area contributed by atoms with Gasteiger partial charge in [0.2, 0.25) is 11.6 Å². The van der Waals surface area contributed by atoms with Crippen molar-refractivity contribution in [1.29, 1.82) is 0 Å². The molecule has 100 valence electrons. The van der Waals surface area contributed by atoms with Crippen molar-refractivity contribution in [2.75, 3.05) is 6.61 Å². The van der Waals surface area contributed by atoms with Gasteiger partial charge in [0.15, 0.2) is 0 Å². The van der Waals surface area contributed by atoms with E-state index in [1.807, 2.05) is 0 Å². The fraction of sp³-hybridized carbons (Fsp3) is 0.308. The van der Waals surface area contributed by atoms with Crippen molar-refractivity contribution < 1.29 is 19.1 Å². The third-order valence-electron chi connectivity index (χ3n) is 3.13. The molecule has 6 heteroatoms. The number of rotatable bonds is 2. The van der Waals surface area contributed by atoms with E-state index in [0.717, 1.165) is 0 Å². The van der Waals surface area contributed by atoms with Gasteiger partial charge < -0.3 is 9.30 Å². The number of aromatic nitrogens is 1. The molecule has 1 aromatic rings. The van der Waals surface area contributed by atoms with E-state index in [0.29, 0.717) is 11.4 Å². The minimum Gasteiger partial charge on any atom is -0.462 e. The Bertz CT molecular complexity index is 640. The summed E-state index contributed by atoms with van der Waals surface area (Å²) in [5.74, 6) is -1.91. The second kappa shape index (κ2) is 4.77. The first-order valence-electron chi connectivity index (χ1n) is 5.72. The van der Waals surface area contributed by atoms with Gasteiger partial charge in [-0.05, 0) is 35.9 Å². The second-order valence-corrected chi connectivity index (χ2v) is 5.00. The highest BCUT2D eigenvalue weighted by atomic mass is 79.9. The lowest BCUT2D eigenvalue weighted by Crippen LogP contribution is -2.21. The summed E-state index contributed by atoms with van der Waals surface area (Å²) in [4.78, 5) is 35.7. The van der Waals surface area contributed by atoms with Crippen LogP contribution < -0.4 is 0 Å². The maximum absolute atomic E-state index is 12.1. The van der Waals surface area contributed by atoms with Crippen LogP contribution in [-0.4, -0.2) is 28.7 Å². The van der Waals surface area contributed by atoms with Crippen LogP contribution in [0.2, 0.25) is 0 Å². The summed E-state index contributed by atoms with van der Waals surface area (Å²) < 4.78 is 6.85. The second-order valence-electron chi connectivity index (χ2n) is 4.15. The zero-order valence-electron chi connectivity index (χ0n) is 10.7. The van der Waals surface area contributed by atoms with Gasteiger partial charge >= 0.3 is 5.97 Å². The number of ether oxygens (including phenoxy) is 1. The van der Waals surface area contributed by atoms with Crippen molar-refractivity contribution in [3.8, 4) is 0 Å². The molecule has 1 aliphatic carbocycles. The van der Waals surface area contributed by atoms with Crippen molar-refractivity contribution in [2.45, 2.75) is 13.8 Å². The van der Waals surface area contributed by atoms with Gasteiger partial charge in [-0.15, -0.1) is 0 Å². The molecule has 1 aliphatic rings. The Morgan fingerprint density at radius 2 is 2.00 bits per heavy atom. The zero-order valence-corrected chi connectivity index (χ0v) is 12.3. The number of esters is 1. The molecule has 0 aromatic carbocycles. The van der Waals surface area contributed by atoms with E-state index in [1.54, 1.807) is 31.5 Å². The lowest BCUT2D eigenvalue weighted by Gasteiger charge is -2.09. The number of hydrogen-bond acceptors (Lipinski definition) is 4. The molecule has 0 bridgehead atoms. The Hall–Kier alpha value is -1.69. The van der Waals surface area contributed by atoms with E-state index in [4.69, 9.17) is 4.74 Å². The predicted molar refractivity (Wildman–Crippen MR) is 72.3 cm³/mol. The van der Waals surface area contributed by atoms with E-state index >= 15 is 0 Å². The minimum absolute atomic E-state index is 0.131. The van der Waals surface area contributed by atoms with Gasteiger partial charge in [-0.25, -0.2) is 4.79 Å². The summed E-state index contributed by atoms with van der Waals surface area (Å²) in [5.41, 5.74) is 1.45. The molecule has 0 atom stereocenters. The number of carbonyl (C=O) groups excluding carboxylic acids is 3. The Morgan fingerprint density at radius 1 is 1.37 bits per heavy atom. The van der Waals surface area contributed by atoms with Gasteiger partial charge in [0.05, 0.1) is 27.9 Å². The van der Waals surface area contributed by atoms with Crippen molar-refractivity contribution in [3.63, 3.8) is 0 Å². The molecule has 0 unspecified atom stereocenters. The van der Waals surface area contributed by atoms with Crippen molar-refractivity contribution in [3.05, 3.63) is 27.0 Å². The number of fused-ring (bicyclic) bond motifs is 1. The molecule has 1 heterocycles. The average molecular weight is 326 g/mol. The van der Waals surface area contributed by atoms with Gasteiger partial charge in [0.1, 0.15) is 0 Å². The number of hydrogen-bond donors (Lipinski definition) is 0. The van der Waals surface area contributed by atoms with Crippen molar-refractivity contribution in [1.82, 2.24) is 4.57 Å². The van der Waals surface area contributed by atoms with Crippen LogP contribution in [0, 0.1) is 6.92 Å². The predicted octanol–water partition coefficient (Wildman–Crippen LogP) is 2.01. The minimum atomic E-state index is -0.684. The summed E-state index contributed by atoms with van der Waals surface area (Å²) in [6.07, 6.45) is 1.55. The number of nitrogens with zero attached hydrogens (tertiary/aromatic N) is 1. The smallest absolute Gasteiger partial charge is 0.340 e. The standard InChI is InChI=1S/C13H12BrNO4/c1-4-19-13(18)9-6(2)15(3)8-5-7(14)11(16)12(17)10(8)9/h5H,4H2,1-3H3. The van der Waals surface area contributed by atoms with Crippen LogP contribution in [0.5, 0.6) is 0 Å². The molecule has 1 aromatic heterocycles. The summed E-state index contributed by atoms with van der Waals surface area (Å²) in [7, 11) is 1.73. The number of ketones is 2. The SMILES string of the molecule is CCOC(=O)c1c2c(n(C)c1C)C=C(Br)C(=O)C2=O. The maximum Gasteiger partial charge on any atom is 0.340 e. The van der Waals surface area contributed by atoms with Gasteiger partial charge in [-0.3, -0.25) is 9.59 Å². The van der Waals surface area contributed by atoms with Crippen molar-refractivity contribution >= 4 is 39.5 Å². The summed E-state index contributed by atoms with van der Waals surface area (Å²) in [5, 5.41) is 0. The molecular weight excluding hydrogens is 314 g/mol. The fourth-order valence-electron chi connectivity index (χ4n) is 2.08. The third kappa shape index (κ3) is 1.96. The van der Waals surface area contributed by atoms with Gasteiger partial charge in [-0.2, -0.15) is 0 Å². The first-order chi connectivity index (χ1) is 8.90. The van der Waals surface area contributed by atoms with E-state index in [-0.39, 0.29) is 22.2 Å². The highest BCUT2D eigenvalue weighted by Crippen LogP contribution is 2.31. The highest BCUT2D eigenvalue weighted by Gasteiger charge is 2.35. The molecule has 5 nitrogen and oxygen atoms in total. The first-order valence-corrected chi connectivity index (χ1v) is 6.52. The third-order valence-corrected chi connectivity index (χ3v) is 3.71.